The molecule has 0 unspecified atom stereocenters. The zero-order chi connectivity index (χ0) is 4.83. The van der Waals surface area contributed by atoms with Crippen molar-refractivity contribution >= 4 is 11.6 Å². The van der Waals surface area contributed by atoms with Crippen LogP contribution in [0.25, 0.3) is 0 Å². The van der Waals surface area contributed by atoms with Crippen molar-refractivity contribution in [2.45, 2.75) is 17.9 Å². The van der Waals surface area contributed by atoms with Crippen molar-refractivity contribution in [3.63, 3.8) is 0 Å². The Labute approximate surface area is 70.4 Å². The second kappa shape index (κ2) is 10.4. The molecule has 0 aliphatic rings. The third-order valence-corrected chi connectivity index (χ3v) is 1.95. The van der Waals surface area contributed by atoms with Crippen LogP contribution in [0.2, 0.25) is 5.02 Å². The van der Waals surface area contributed by atoms with Crippen molar-refractivity contribution in [3.8, 4) is 0 Å². The molecule has 0 bridgehead atoms. The molecule has 0 fully saturated rings. The second-order valence-corrected chi connectivity index (χ2v) is 3.11. The van der Waals surface area contributed by atoms with Gasteiger partial charge in [-0.2, -0.15) is 0 Å². The number of alkyl halides is 1. The third-order valence-electron chi connectivity index (χ3n) is 0.634. The molecule has 0 saturated carbocycles. The number of halogens is 2. The van der Waals surface area contributed by atoms with E-state index in [1.165, 1.54) is 36.2 Å². The molecule has 0 spiro atoms. The summed E-state index contributed by atoms with van der Waals surface area (Å²) >= 11 is 6.82. The zero-order valence-corrected chi connectivity index (χ0v) is 9.60. The number of unbranched alkanes of at least 4 members (excludes halogenated alkanes) is 1. The Morgan fingerprint density at radius 1 is 1.29 bits per heavy atom. The molecule has 0 radical (unpaired) electrons. The Hall–Kier alpha value is 1.39. The van der Waals surface area contributed by atoms with Crippen molar-refractivity contribution in [1.82, 2.24) is 0 Å². The molecule has 0 aliphatic carbocycles. The van der Waals surface area contributed by atoms with Gasteiger partial charge in [0.25, 0.3) is 0 Å². The molecular formula is C4H8BrClZn. The van der Waals surface area contributed by atoms with E-state index in [1.807, 2.05) is 0 Å². The van der Waals surface area contributed by atoms with Gasteiger partial charge in [0.1, 0.15) is 0 Å². The second-order valence-electron chi connectivity index (χ2n) is 1.25. The van der Waals surface area contributed by atoms with Crippen LogP contribution in [-0.2, 0) is 18.3 Å². The molecular weight excluding hydrogens is 229 g/mol. The first-order valence-corrected chi connectivity index (χ1v) is 4.90. The van der Waals surface area contributed by atoms with Crippen LogP contribution >= 0.6 is 11.6 Å². The van der Waals surface area contributed by atoms with Crippen LogP contribution in [0.5, 0.6) is 0 Å². The van der Waals surface area contributed by atoms with Crippen LogP contribution in [0.15, 0.2) is 0 Å². The van der Waals surface area contributed by atoms with Crippen LogP contribution in [0, 0.1) is 0 Å². The van der Waals surface area contributed by atoms with Crippen molar-refractivity contribution in [1.29, 1.82) is 0 Å². The van der Waals surface area contributed by atoms with Crippen molar-refractivity contribution in [2.24, 2.45) is 0 Å². The normalized spacial score (nSPS) is 7.86. The summed E-state index contributed by atoms with van der Waals surface area (Å²) < 4.78 is 0. The van der Waals surface area contributed by atoms with Gasteiger partial charge in [0.15, 0.2) is 0 Å². The van der Waals surface area contributed by atoms with Gasteiger partial charge in [-0.25, -0.2) is 0 Å². The van der Waals surface area contributed by atoms with Crippen molar-refractivity contribution in [3.05, 3.63) is 0 Å². The largest absolute Gasteiger partial charge is 1.00 e. The maximum atomic E-state index is 5.39. The first-order valence-electron chi connectivity index (χ1n) is 2.27. The fourth-order valence-electron chi connectivity index (χ4n) is 0.271. The summed E-state index contributed by atoms with van der Waals surface area (Å²) in [6, 6.07) is 0. The van der Waals surface area contributed by atoms with Crippen LogP contribution < -0.4 is 17.0 Å². The van der Waals surface area contributed by atoms with Gasteiger partial charge in [-0.3, -0.25) is 0 Å². The Kier molecular flexibility index (Phi) is 16.7. The van der Waals surface area contributed by atoms with E-state index in [-0.39, 0.29) is 17.0 Å². The Balaban J connectivity index is 0. The summed E-state index contributed by atoms with van der Waals surface area (Å²) in [5.74, 6) is 0.847. The van der Waals surface area contributed by atoms with Gasteiger partial charge >= 0.3 is 53.6 Å². The standard InChI is InChI=1S/C4H8Cl.BrH.Zn/c1-2-3-4-5;;/h1-4H2;1H;/q;;+1/p-1. The molecule has 0 aromatic rings. The van der Waals surface area contributed by atoms with Crippen LogP contribution in [0.1, 0.15) is 12.8 Å². The topological polar surface area (TPSA) is 0 Å². The minimum atomic E-state index is 0. The van der Waals surface area contributed by atoms with Gasteiger partial charge in [-0.05, 0) is 0 Å². The molecule has 0 rings (SSSR count). The van der Waals surface area contributed by atoms with Gasteiger partial charge in [0.05, 0.1) is 0 Å². The first kappa shape index (κ1) is 11.2. The predicted molar refractivity (Wildman–Crippen MR) is 24.8 cm³/mol. The Morgan fingerprint density at radius 3 is 2.00 bits per heavy atom. The van der Waals surface area contributed by atoms with E-state index in [2.05, 4.69) is 0 Å². The van der Waals surface area contributed by atoms with E-state index < -0.39 is 0 Å². The fourth-order valence-corrected chi connectivity index (χ4v) is 1.20. The van der Waals surface area contributed by atoms with Gasteiger partial charge in [0.2, 0.25) is 0 Å². The summed E-state index contributed by atoms with van der Waals surface area (Å²) in [5, 5.41) is 1.40. The van der Waals surface area contributed by atoms with Crippen LogP contribution in [-0.4, -0.2) is 5.88 Å². The minimum absolute atomic E-state index is 0. The summed E-state index contributed by atoms with van der Waals surface area (Å²) in [4.78, 5) is 0. The summed E-state index contributed by atoms with van der Waals surface area (Å²) in [6.07, 6.45) is 2.55. The molecule has 0 N–H and O–H groups in total. The molecule has 0 aromatic carbocycles. The number of hydrogen-bond acceptors (Lipinski definition) is 0. The summed E-state index contributed by atoms with van der Waals surface area (Å²) in [6.45, 7) is 0. The van der Waals surface area contributed by atoms with E-state index in [0.717, 1.165) is 5.88 Å². The van der Waals surface area contributed by atoms with E-state index >= 15 is 0 Å². The first-order chi connectivity index (χ1) is 2.91. The van der Waals surface area contributed by atoms with Gasteiger partial charge in [-0.1, -0.05) is 0 Å². The van der Waals surface area contributed by atoms with Gasteiger partial charge < -0.3 is 17.0 Å². The van der Waals surface area contributed by atoms with Gasteiger partial charge in [0, 0.05) is 0 Å². The fraction of sp³-hybridized carbons (Fsp3) is 1.00. The van der Waals surface area contributed by atoms with E-state index in [1.54, 1.807) is 0 Å². The van der Waals surface area contributed by atoms with E-state index in [4.69, 9.17) is 11.6 Å². The molecule has 0 aliphatic heterocycles. The van der Waals surface area contributed by atoms with Crippen LogP contribution in [0.4, 0.5) is 0 Å². The minimum Gasteiger partial charge on any atom is -1.00 e. The average Bonchev–Trinajstić information content (AvgIpc) is 1.61. The van der Waals surface area contributed by atoms with Crippen molar-refractivity contribution in [2.75, 3.05) is 5.88 Å². The molecule has 0 aromatic heterocycles. The smallest absolute Gasteiger partial charge is 1.00 e. The summed E-state index contributed by atoms with van der Waals surface area (Å²) in [7, 11) is 0. The monoisotopic (exact) mass is 234 g/mol. The molecule has 0 nitrogen and oxygen atoms in total. The maximum Gasteiger partial charge on any atom is -1.00 e. The quantitative estimate of drug-likeness (QED) is 0.334. The Morgan fingerprint density at radius 2 is 1.86 bits per heavy atom. The van der Waals surface area contributed by atoms with Gasteiger partial charge in [-0.15, -0.1) is 0 Å². The zero-order valence-electron chi connectivity index (χ0n) is 4.29. The number of rotatable bonds is 3. The molecule has 0 saturated heterocycles. The molecule has 0 heterocycles. The van der Waals surface area contributed by atoms with E-state index in [9.17, 15) is 0 Å². The molecule has 40 valence electrons. The van der Waals surface area contributed by atoms with Crippen molar-refractivity contribution < 1.29 is 35.3 Å². The maximum absolute atomic E-state index is 5.39. The third kappa shape index (κ3) is 11.1. The molecule has 7 heavy (non-hydrogen) atoms. The molecule has 0 atom stereocenters. The summed E-state index contributed by atoms with van der Waals surface area (Å²) in [5.41, 5.74) is 0. The molecule has 0 amide bonds. The van der Waals surface area contributed by atoms with E-state index in [0.29, 0.717) is 0 Å². The SMILES string of the molecule is ClCCC[CH2][Zn+].[Br-]. The predicted octanol–water partition coefficient (Wildman–Crippen LogP) is -1.03. The average molecular weight is 237 g/mol. The molecule has 3 heteroatoms. The van der Waals surface area contributed by atoms with Crippen LogP contribution in [0.3, 0.4) is 0 Å². The number of hydrogen-bond donors (Lipinski definition) is 0. The Bertz CT molecular complexity index is 23.7.